The first-order valence-electron chi connectivity index (χ1n) is 4.19. The van der Waals surface area contributed by atoms with Gasteiger partial charge in [-0.2, -0.15) is 0 Å². The minimum atomic E-state index is 0.553. The predicted molar refractivity (Wildman–Crippen MR) is 56.3 cm³/mol. The van der Waals surface area contributed by atoms with E-state index in [2.05, 4.69) is 9.97 Å². The molecule has 70 valence electrons. The van der Waals surface area contributed by atoms with Gasteiger partial charge in [0.25, 0.3) is 0 Å². The molecule has 0 saturated heterocycles. The zero-order chi connectivity index (χ0) is 9.97. The lowest BCUT2D eigenvalue weighted by Gasteiger charge is -2.00. The van der Waals surface area contributed by atoms with Gasteiger partial charge in [-0.25, -0.2) is 9.97 Å². The summed E-state index contributed by atoms with van der Waals surface area (Å²) in [7, 11) is 0. The second-order valence-corrected chi connectivity index (χ2v) is 2.97. The molecule has 0 amide bonds. The molecule has 0 bridgehead atoms. The molecular weight excluding hydrogens is 176 g/mol. The van der Waals surface area contributed by atoms with Crippen LogP contribution in [-0.4, -0.2) is 9.97 Å². The Morgan fingerprint density at radius 3 is 2.29 bits per heavy atom. The number of nitrogens with zero attached hydrogens (tertiary/aromatic N) is 2. The van der Waals surface area contributed by atoms with Crippen LogP contribution in [0.3, 0.4) is 0 Å². The average molecular weight is 186 g/mol. The lowest BCUT2D eigenvalue weighted by Crippen LogP contribution is -1.93. The Labute approximate surface area is 81.6 Å². The largest absolute Gasteiger partial charge is 0.399 e. The summed E-state index contributed by atoms with van der Waals surface area (Å²) < 4.78 is 0. The fourth-order valence-corrected chi connectivity index (χ4v) is 1.16. The number of aromatic nitrogens is 2. The lowest BCUT2D eigenvalue weighted by molar-refractivity contribution is 1.18. The van der Waals surface area contributed by atoms with E-state index in [1.165, 1.54) is 0 Å². The number of benzene rings is 1. The molecule has 0 fully saturated rings. The number of anilines is 2. The van der Waals surface area contributed by atoms with E-state index in [1.807, 2.05) is 24.3 Å². The summed E-state index contributed by atoms with van der Waals surface area (Å²) in [6.07, 6.45) is 3.15. The topological polar surface area (TPSA) is 77.8 Å². The molecule has 1 heterocycles. The van der Waals surface area contributed by atoms with Gasteiger partial charge >= 0.3 is 0 Å². The molecule has 0 aliphatic carbocycles. The van der Waals surface area contributed by atoms with Crippen molar-refractivity contribution in [3.63, 3.8) is 0 Å². The molecule has 0 aliphatic rings. The molecular formula is C10H10N4. The average Bonchev–Trinajstić information content (AvgIpc) is 2.19. The quantitative estimate of drug-likeness (QED) is 0.658. The minimum absolute atomic E-state index is 0.553. The first-order chi connectivity index (χ1) is 6.75. The van der Waals surface area contributed by atoms with E-state index in [1.54, 1.807) is 12.4 Å². The van der Waals surface area contributed by atoms with Gasteiger partial charge in [-0.05, 0) is 12.1 Å². The van der Waals surface area contributed by atoms with E-state index in [-0.39, 0.29) is 0 Å². The van der Waals surface area contributed by atoms with E-state index in [9.17, 15) is 0 Å². The van der Waals surface area contributed by atoms with Crippen molar-refractivity contribution in [1.29, 1.82) is 0 Å². The fourth-order valence-electron chi connectivity index (χ4n) is 1.16. The Morgan fingerprint density at radius 1 is 0.929 bits per heavy atom. The van der Waals surface area contributed by atoms with Gasteiger partial charge in [0.2, 0.25) is 0 Å². The Hall–Kier alpha value is -2.10. The summed E-state index contributed by atoms with van der Waals surface area (Å²) in [5, 5.41) is 0. The summed E-state index contributed by atoms with van der Waals surface area (Å²) in [5.74, 6) is 0.631. The van der Waals surface area contributed by atoms with Crippen LogP contribution in [-0.2, 0) is 0 Å². The SMILES string of the molecule is Nc1cnc(-c2cccc(N)c2)nc1. The van der Waals surface area contributed by atoms with Crippen molar-refractivity contribution in [1.82, 2.24) is 9.97 Å². The smallest absolute Gasteiger partial charge is 0.159 e. The summed E-state index contributed by atoms with van der Waals surface area (Å²) >= 11 is 0. The Bertz CT molecular complexity index is 436. The van der Waals surface area contributed by atoms with Crippen molar-refractivity contribution in [3.05, 3.63) is 36.7 Å². The number of nitrogens with two attached hydrogens (primary N) is 2. The molecule has 0 radical (unpaired) electrons. The Kier molecular flexibility index (Phi) is 2.02. The van der Waals surface area contributed by atoms with Crippen LogP contribution >= 0.6 is 0 Å². The maximum absolute atomic E-state index is 5.65. The van der Waals surface area contributed by atoms with Crippen LogP contribution < -0.4 is 11.5 Å². The highest BCUT2D eigenvalue weighted by Gasteiger charge is 1.99. The number of hydrogen-bond donors (Lipinski definition) is 2. The normalized spacial score (nSPS) is 10.0. The second kappa shape index (κ2) is 3.33. The third-order valence-corrected chi connectivity index (χ3v) is 1.82. The number of rotatable bonds is 1. The maximum atomic E-state index is 5.65. The van der Waals surface area contributed by atoms with Gasteiger partial charge in [-0.1, -0.05) is 12.1 Å². The highest BCUT2D eigenvalue weighted by atomic mass is 14.9. The summed E-state index contributed by atoms with van der Waals surface area (Å²) in [6.45, 7) is 0. The third kappa shape index (κ3) is 1.64. The first kappa shape index (κ1) is 8.50. The maximum Gasteiger partial charge on any atom is 0.159 e. The van der Waals surface area contributed by atoms with Crippen LogP contribution in [0.1, 0.15) is 0 Å². The van der Waals surface area contributed by atoms with Crippen molar-refractivity contribution in [2.24, 2.45) is 0 Å². The highest BCUT2D eigenvalue weighted by Crippen LogP contribution is 2.17. The monoisotopic (exact) mass is 186 g/mol. The number of nitrogen functional groups attached to an aromatic ring is 2. The van der Waals surface area contributed by atoms with Crippen LogP contribution in [0.5, 0.6) is 0 Å². The summed E-state index contributed by atoms with van der Waals surface area (Å²) in [4.78, 5) is 8.20. The van der Waals surface area contributed by atoms with Crippen LogP contribution in [0.2, 0.25) is 0 Å². The Balaban J connectivity index is 2.44. The van der Waals surface area contributed by atoms with Crippen LogP contribution in [0, 0.1) is 0 Å². The van der Waals surface area contributed by atoms with E-state index >= 15 is 0 Å². The molecule has 0 aliphatic heterocycles. The van der Waals surface area contributed by atoms with Gasteiger partial charge in [0.15, 0.2) is 5.82 Å². The molecule has 4 nitrogen and oxygen atoms in total. The molecule has 0 atom stereocenters. The fraction of sp³-hybridized carbons (Fsp3) is 0. The summed E-state index contributed by atoms with van der Waals surface area (Å²) in [5.41, 5.74) is 13.3. The van der Waals surface area contributed by atoms with E-state index in [4.69, 9.17) is 11.5 Å². The van der Waals surface area contributed by atoms with Gasteiger partial charge in [0, 0.05) is 11.3 Å². The lowest BCUT2D eigenvalue weighted by atomic mass is 10.2. The second-order valence-electron chi connectivity index (χ2n) is 2.97. The van der Waals surface area contributed by atoms with Crippen molar-refractivity contribution in [3.8, 4) is 11.4 Å². The summed E-state index contributed by atoms with van der Waals surface area (Å²) in [6, 6.07) is 7.42. The minimum Gasteiger partial charge on any atom is -0.399 e. The Morgan fingerprint density at radius 2 is 1.64 bits per heavy atom. The first-order valence-corrected chi connectivity index (χ1v) is 4.19. The molecule has 0 unspecified atom stereocenters. The van der Waals surface area contributed by atoms with Crippen molar-refractivity contribution >= 4 is 11.4 Å². The van der Waals surface area contributed by atoms with E-state index in [0.29, 0.717) is 17.2 Å². The van der Waals surface area contributed by atoms with Crippen LogP contribution in [0.4, 0.5) is 11.4 Å². The zero-order valence-electron chi connectivity index (χ0n) is 7.51. The van der Waals surface area contributed by atoms with Gasteiger partial charge < -0.3 is 11.5 Å². The van der Waals surface area contributed by atoms with Crippen LogP contribution in [0.25, 0.3) is 11.4 Å². The molecule has 1 aromatic heterocycles. The highest BCUT2D eigenvalue weighted by molar-refractivity contribution is 5.61. The third-order valence-electron chi connectivity index (χ3n) is 1.82. The molecule has 0 saturated carbocycles. The van der Waals surface area contributed by atoms with E-state index in [0.717, 1.165) is 5.56 Å². The standard InChI is InChI=1S/C10H10N4/c11-8-3-1-2-7(4-8)10-13-5-9(12)6-14-10/h1-6H,11-12H2. The van der Waals surface area contributed by atoms with Crippen molar-refractivity contribution in [2.75, 3.05) is 11.5 Å². The van der Waals surface area contributed by atoms with Crippen LogP contribution in [0.15, 0.2) is 36.7 Å². The zero-order valence-corrected chi connectivity index (χ0v) is 7.51. The molecule has 2 aromatic rings. The van der Waals surface area contributed by atoms with Crippen molar-refractivity contribution < 1.29 is 0 Å². The molecule has 4 N–H and O–H groups in total. The van der Waals surface area contributed by atoms with Gasteiger partial charge in [0.05, 0.1) is 18.1 Å². The molecule has 1 aromatic carbocycles. The van der Waals surface area contributed by atoms with E-state index < -0.39 is 0 Å². The molecule has 4 heteroatoms. The molecule has 0 spiro atoms. The molecule has 14 heavy (non-hydrogen) atoms. The van der Waals surface area contributed by atoms with Gasteiger partial charge in [-0.15, -0.1) is 0 Å². The van der Waals surface area contributed by atoms with Gasteiger partial charge in [-0.3, -0.25) is 0 Å². The van der Waals surface area contributed by atoms with Gasteiger partial charge in [0.1, 0.15) is 0 Å². The molecule has 2 rings (SSSR count). The number of hydrogen-bond acceptors (Lipinski definition) is 4. The predicted octanol–water partition coefficient (Wildman–Crippen LogP) is 1.31. The van der Waals surface area contributed by atoms with Crippen molar-refractivity contribution in [2.45, 2.75) is 0 Å².